The molecule has 22 heavy (non-hydrogen) atoms. The van der Waals surface area contributed by atoms with E-state index in [1.54, 1.807) is 6.07 Å². The molecule has 0 saturated carbocycles. The van der Waals surface area contributed by atoms with E-state index in [2.05, 4.69) is 25.1 Å². The standard InChI is InChI=1S/C14H7ClFN5S/c15-7-4-8-11(20-21-13(8)17-5-7)14-18-6-9(16)12(19-14)10-2-1-3-22-10/h1-6H,(H,17,20,21). The summed E-state index contributed by atoms with van der Waals surface area (Å²) in [6.45, 7) is 0. The molecule has 0 unspecified atom stereocenters. The van der Waals surface area contributed by atoms with Gasteiger partial charge in [-0.15, -0.1) is 11.3 Å². The molecule has 0 aliphatic carbocycles. The highest BCUT2D eigenvalue weighted by Gasteiger charge is 2.16. The average Bonchev–Trinajstić information content (AvgIpc) is 3.17. The Hall–Kier alpha value is -2.38. The lowest BCUT2D eigenvalue weighted by Gasteiger charge is -2.02. The smallest absolute Gasteiger partial charge is 0.181 e. The zero-order chi connectivity index (χ0) is 15.1. The maximum Gasteiger partial charge on any atom is 0.181 e. The van der Waals surface area contributed by atoms with Crippen LogP contribution >= 0.6 is 22.9 Å². The minimum Gasteiger partial charge on any atom is -0.272 e. The maximum absolute atomic E-state index is 14.0. The normalized spacial score (nSPS) is 11.2. The fraction of sp³-hybridized carbons (Fsp3) is 0. The van der Waals surface area contributed by atoms with Crippen molar-refractivity contribution in [3.05, 3.63) is 46.8 Å². The van der Waals surface area contributed by atoms with Crippen molar-refractivity contribution in [2.45, 2.75) is 0 Å². The van der Waals surface area contributed by atoms with Crippen LogP contribution in [0, 0.1) is 5.82 Å². The van der Waals surface area contributed by atoms with Crippen molar-refractivity contribution in [3.63, 3.8) is 0 Å². The molecule has 0 fully saturated rings. The molecule has 0 aromatic carbocycles. The molecule has 0 bridgehead atoms. The van der Waals surface area contributed by atoms with Gasteiger partial charge in [0.25, 0.3) is 0 Å². The van der Waals surface area contributed by atoms with Crippen LogP contribution in [0.3, 0.4) is 0 Å². The molecule has 4 aromatic heterocycles. The van der Waals surface area contributed by atoms with Gasteiger partial charge in [0, 0.05) is 6.20 Å². The first kappa shape index (κ1) is 13.3. The molecular formula is C14H7ClFN5S. The van der Waals surface area contributed by atoms with Gasteiger partial charge >= 0.3 is 0 Å². The second kappa shape index (κ2) is 5.11. The van der Waals surface area contributed by atoms with Crippen molar-refractivity contribution in [3.8, 4) is 22.1 Å². The third-order valence-corrected chi connectivity index (χ3v) is 4.18. The lowest BCUT2D eigenvalue weighted by Crippen LogP contribution is -1.95. The number of fused-ring (bicyclic) bond motifs is 1. The van der Waals surface area contributed by atoms with Gasteiger partial charge in [-0.1, -0.05) is 17.7 Å². The molecule has 0 aliphatic rings. The van der Waals surface area contributed by atoms with Gasteiger partial charge in [-0.2, -0.15) is 5.10 Å². The number of rotatable bonds is 2. The minimum absolute atomic E-state index is 0.262. The Kier molecular flexibility index (Phi) is 3.09. The molecular weight excluding hydrogens is 325 g/mol. The van der Waals surface area contributed by atoms with Crippen LogP contribution < -0.4 is 0 Å². The first-order valence-corrected chi connectivity index (χ1v) is 7.54. The molecule has 108 valence electrons. The van der Waals surface area contributed by atoms with Crippen LogP contribution in [0.25, 0.3) is 33.1 Å². The van der Waals surface area contributed by atoms with Crippen LogP contribution in [0.1, 0.15) is 0 Å². The van der Waals surface area contributed by atoms with Crippen molar-refractivity contribution < 1.29 is 4.39 Å². The van der Waals surface area contributed by atoms with Gasteiger partial charge in [0.2, 0.25) is 0 Å². The number of hydrogen-bond acceptors (Lipinski definition) is 5. The quantitative estimate of drug-likeness (QED) is 0.604. The topological polar surface area (TPSA) is 67.3 Å². The van der Waals surface area contributed by atoms with Gasteiger partial charge in [-0.3, -0.25) is 5.10 Å². The fourth-order valence-corrected chi connectivity index (χ4v) is 2.99. The molecule has 0 radical (unpaired) electrons. The monoisotopic (exact) mass is 331 g/mol. The number of aromatic amines is 1. The summed E-state index contributed by atoms with van der Waals surface area (Å²) in [4.78, 5) is 13.2. The van der Waals surface area contributed by atoms with E-state index < -0.39 is 5.82 Å². The van der Waals surface area contributed by atoms with Gasteiger partial charge < -0.3 is 0 Å². The summed E-state index contributed by atoms with van der Waals surface area (Å²) in [6, 6.07) is 5.38. The van der Waals surface area contributed by atoms with Crippen molar-refractivity contribution in [2.24, 2.45) is 0 Å². The van der Waals surface area contributed by atoms with E-state index >= 15 is 0 Å². The van der Waals surface area contributed by atoms with Crippen LogP contribution in [0.4, 0.5) is 4.39 Å². The molecule has 0 atom stereocenters. The Morgan fingerprint density at radius 3 is 2.95 bits per heavy atom. The highest BCUT2D eigenvalue weighted by Crippen LogP contribution is 2.29. The Balaban J connectivity index is 1.92. The third-order valence-electron chi connectivity index (χ3n) is 3.10. The summed E-state index contributed by atoms with van der Waals surface area (Å²) < 4.78 is 14.0. The molecule has 0 aliphatic heterocycles. The van der Waals surface area contributed by atoms with Crippen LogP contribution in [0.15, 0.2) is 36.0 Å². The van der Waals surface area contributed by atoms with Crippen LogP contribution in [-0.2, 0) is 0 Å². The Labute approximate surface area is 132 Å². The highest BCUT2D eigenvalue weighted by atomic mass is 35.5. The van der Waals surface area contributed by atoms with Crippen LogP contribution in [-0.4, -0.2) is 25.1 Å². The van der Waals surface area contributed by atoms with E-state index in [1.165, 1.54) is 17.5 Å². The third kappa shape index (κ3) is 2.15. The maximum atomic E-state index is 14.0. The molecule has 4 heterocycles. The summed E-state index contributed by atoms with van der Waals surface area (Å²) in [5, 5.41) is 9.96. The zero-order valence-electron chi connectivity index (χ0n) is 10.9. The molecule has 4 aromatic rings. The van der Waals surface area contributed by atoms with E-state index in [1.807, 2.05) is 17.5 Å². The van der Waals surface area contributed by atoms with E-state index in [0.717, 1.165) is 11.1 Å². The predicted octanol–water partition coefficient (Wildman–Crippen LogP) is 3.94. The van der Waals surface area contributed by atoms with Crippen molar-refractivity contribution in [1.29, 1.82) is 0 Å². The van der Waals surface area contributed by atoms with E-state index in [-0.39, 0.29) is 5.69 Å². The zero-order valence-corrected chi connectivity index (χ0v) is 12.5. The summed E-state index contributed by atoms with van der Waals surface area (Å²) in [6.07, 6.45) is 2.67. The highest BCUT2D eigenvalue weighted by molar-refractivity contribution is 7.13. The Morgan fingerprint density at radius 1 is 1.23 bits per heavy atom. The molecule has 8 heteroatoms. The van der Waals surface area contributed by atoms with Crippen LogP contribution in [0.5, 0.6) is 0 Å². The number of halogens is 2. The van der Waals surface area contributed by atoms with Crippen molar-refractivity contribution in [1.82, 2.24) is 25.1 Å². The molecule has 4 rings (SSSR count). The second-order valence-electron chi connectivity index (χ2n) is 4.49. The SMILES string of the molecule is Fc1cnc(-c2[nH]nc3ncc(Cl)cc23)nc1-c1cccs1. The number of aromatic nitrogens is 5. The summed E-state index contributed by atoms with van der Waals surface area (Å²) >= 11 is 7.38. The number of nitrogens with one attached hydrogen (secondary N) is 1. The summed E-state index contributed by atoms with van der Waals surface area (Å²) in [5.41, 5.74) is 1.32. The first-order chi connectivity index (χ1) is 10.7. The molecule has 0 amide bonds. The summed E-state index contributed by atoms with van der Waals surface area (Å²) in [5.74, 6) is -0.123. The number of H-pyrrole nitrogens is 1. The van der Waals surface area contributed by atoms with Crippen molar-refractivity contribution >= 4 is 34.0 Å². The van der Waals surface area contributed by atoms with E-state index in [4.69, 9.17) is 11.6 Å². The number of pyridine rings is 1. The molecule has 0 saturated heterocycles. The van der Waals surface area contributed by atoms with E-state index in [9.17, 15) is 4.39 Å². The number of nitrogens with zero attached hydrogens (tertiary/aromatic N) is 4. The van der Waals surface area contributed by atoms with Gasteiger partial charge in [0.15, 0.2) is 17.3 Å². The second-order valence-corrected chi connectivity index (χ2v) is 5.87. The lowest BCUT2D eigenvalue weighted by atomic mass is 10.2. The average molecular weight is 332 g/mol. The van der Waals surface area contributed by atoms with E-state index in [0.29, 0.717) is 27.6 Å². The summed E-state index contributed by atoms with van der Waals surface area (Å²) in [7, 11) is 0. The first-order valence-electron chi connectivity index (χ1n) is 6.29. The molecule has 1 N–H and O–H groups in total. The number of hydrogen-bond donors (Lipinski definition) is 1. The Morgan fingerprint density at radius 2 is 2.14 bits per heavy atom. The minimum atomic E-state index is -0.467. The van der Waals surface area contributed by atoms with Gasteiger partial charge in [0.05, 0.1) is 21.5 Å². The van der Waals surface area contributed by atoms with Crippen LogP contribution in [0.2, 0.25) is 5.02 Å². The Bertz CT molecular complexity index is 967. The molecule has 0 spiro atoms. The lowest BCUT2D eigenvalue weighted by molar-refractivity contribution is 0.619. The van der Waals surface area contributed by atoms with Gasteiger partial charge in [-0.25, -0.2) is 19.3 Å². The van der Waals surface area contributed by atoms with Gasteiger partial charge in [-0.05, 0) is 17.5 Å². The molecule has 5 nitrogen and oxygen atoms in total. The largest absolute Gasteiger partial charge is 0.272 e. The van der Waals surface area contributed by atoms with Gasteiger partial charge in [0.1, 0.15) is 11.4 Å². The predicted molar refractivity (Wildman–Crippen MR) is 83.2 cm³/mol. The fourth-order valence-electron chi connectivity index (χ4n) is 2.12. The number of thiophene rings is 1. The van der Waals surface area contributed by atoms with Crippen molar-refractivity contribution in [2.75, 3.05) is 0 Å².